The van der Waals surface area contributed by atoms with Crippen LogP contribution in [-0.4, -0.2) is 51.9 Å². The van der Waals surface area contributed by atoms with Crippen molar-refractivity contribution in [3.05, 3.63) is 88.9 Å². The second kappa shape index (κ2) is 12.1. The molecule has 0 saturated carbocycles. The van der Waals surface area contributed by atoms with Crippen LogP contribution in [0.5, 0.6) is 5.75 Å². The van der Waals surface area contributed by atoms with Crippen molar-refractivity contribution >= 4 is 39.1 Å². The molecule has 1 N–H and O–H groups in total. The van der Waals surface area contributed by atoms with Gasteiger partial charge in [-0.2, -0.15) is 0 Å². The molecule has 0 spiro atoms. The van der Waals surface area contributed by atoms with E-state index in [9.17, 15) is 18.0 Å². The van der Waals surface area contributed by atoms with Gasteiger partial charge in [0.25, 0.3) is 10.0 Å². The molecule has 3 aromatic rings. The Balaban J connectivity index is 2.07. The molecule has 3 rings (SSSR count). The lowest BCUT2D eigenvalue weighted by molar-refractivity contribution is -0.139. The molecule has 0 fully saturated rings. The number of carbonyl (C=O) groups is 2. The predicted octanol–water partition coefficient (Wildman–Crippen LogP) is 4.02. The maximum atomic E-state index is 13.8. The molecule has 196 valence electrons. The van der Waals surface area contributed by atoms with E-state index in [-0.39, 0.29) is 28.1 Å². The number of nitrogens with zero attached hydrogens (tertiary/aromatic N) is 2. The average molecular weight is 544 g/mol. The fourth-order valence-corrected chi connectivity index (χ4v) is 5.50. The van der Waals surface area contributed by atoms with Crippen LogP contribution in [0.3, 0.4) is 0 Å². The molecular formula is C27H30ClN3O5S. The van der Waals surface area contributed by atoms with Crippen molar-refractivity contribution in [1.82, 2.24) is 10.2 Å². The highest BCUT2D eigenvalue weighted by Gasteiger charge is 2.32. The van der Waals surface area contributed by atoms with Crippen LogP contribution in [0.15, 0.2) is 77.7 Å². The van der Waals surface area contributed by atoms with Crippen LogP contribution in [0.4, 0.5) is 5.69 Å². The minimum atomic E-state index is -4.17. The first-order valence-corrected chi connectivity index (χ1v) is 13.4. The molecule has 0 bridgehead atoms. The average Bonchev–Trinajstić information content (AvgIpc) is 2.90. The molecule has 0 radical (unpaired) electrons. The van der Waals surface area contributed by atoms with E-state index in [1.54, 1.807) is 25.1 Å². The van der Waals surface area contributed by atoms with E-state index < -0.39 is 28.5 Å². The van der Waals surface area contributed by atoms with Crippen molar-refractivity contribution in [2.24, 2.45) is 0 Å². The van der Waals surface area contributed by atoms with Gasteiger partial charge in [0, 0.05) is 13.6 Å². The number of ether oxygens (including phenoxy) is 1. The first-order valence-electron chi connectivity index (χ1n) is 11.6. The van der Waals surface area contributed by atoms with E-state index in [2.05, 4.69) is 5.32 Å². The molecule has 0 aliphatic rings. The number of aryl methyl sites for hydroxylation is 1. The van der Waals surface area contributed by atoms with Gasteiger partial charge in [-0.25, -0.2) is 8.42 Å². The number of sulfonamides is 1. The van der Waals surface area contributed by atoms with E-state index in [4.69, 9.17) is 16.3 Å². The molecule has 0 aliphatic heterocycles. The standard InChI is InChI=1S/C27H30ClN3O5S/c1-19-10-8-9-11-21(19)17-30(20(2)27(33)29-3)26(32)18-31(22-14-15-25(36-4)24(28)16-22)37(34,35)23-12-6-5-7-13-23/h5-16,20H,17-18H2,1-4H3,(H,29,33). The first-order chi connectivity index (χ1) is 17.6. The van der Waals surface area contributed by atoms with Crippen molar-refractivity contribution in [3.8, 4) is 5.75 Å². The van der Waals surface area contributed by atoms with Crippen LogP contribution in [0.25, 0.3) is 0 Å². The normalized spacial score (nSPS) is 11.9. The number of carbonyl (C=O) groups excluding carboxylic acids is 2. The summed E-state index contributed by atoms with van der Waals surface area (Å²) < 4.78 is 33.7. The van der Waals surface area contributed by atoms with Crippen LogP contribution in [-0.2, 0) is 26.2 Å². The molecule has 1 atom stereocenters. The highest BCUT2D eigenvalue weighted by Crippen LogP contribution is 2.32. The molecule has 3 aromatic carbocycles. The Hall–Kier alpha value is -3.56. The predicted molar refractivity (Wildman–Crippen MR) is 144 cm³/mol. The second-order valence-electron chi connectivity index (χ2n) is 8.38. The zero-order valence-electron chi connectivity index (χ0n) is 21.1. The van der Waals surface area contributed by atoms with Gasteiger partial charge in [0.15, 0.2) is 0 Å². The molecule has 0 saturated heterocycles. The molecule has 0 aliphatic carbocycles. The van der Waals surface area contributed by atoms with E-state index >= 15 is 0 Å². The fraction of sp³-hybridized carbons (Fsp3) is 0.259. The maximum absolute atomic E-state index is 13.8. The minimum absolute atomic E-state index is 0.0135. The number of hydrogen-bond acceptors (Lipinski definition) is 5. The quantitative estimate of drug-likeness (QED) is 0.417. The van der Waals surface area contributed by atoms with Gasteiger partial charge in [-0.1, -0.05) is 54.1 Å². The van der Waals surface area contributed by atoms with Crippen molar-refractivity contribution in [3.63, 3.8) is 0 Å². The Kier molecular flexibility index (Phi) is 9.18. The van der Waals surface area contributed by atoms with Crippen LogP contribution in [0.1, 0.15) is 18.1 Å². The van der Waals surface area contributed by atoms with Gasteiger partial charge in [-0.05, 0) is 55.3 Å². The van der Waals surface area contributed by atoms with Gasteiger partial charge < -0.3 is 15.0 Å². The highest BCUT2D eigenvalue weighted by atomic mass is 35.5. The van der Waals surface area contributed by atoms with E-state index in [1.807, 2.05) is 31.2 Å². The van der Waals surface area contributed by atoms with Gasteiger partial charge in [0.2, 0.25) is 11.8 Å². The number of benzene rings is 3. The Morgan fingerprint density at radius 2 is 1.68 bits per heavy atom. The Labute approximate surface area is 222 Å². The summed E-state index contributed by atoms with van der Waals surface area (Å²) in [6.45, 7) is 3.10. The third kappa shape index (κ3) is 6.42. The van der Waals surface area contributed by atoms with Crippen LogP contribution < -0.4 is 14.4 Å². The summed E-state index contributed by atoms with van der Waals surface area (Å²) in [4.78, 5) is 27.7. The second-order valence-corrected chi connectivity index (χ2v) is 10.7. The Morgan fingerprint density at radius 1 is 1.03 bits per heavy atom. The summed E-state index contributed by atoms with van der Waals surface area (Å²) in [7, 11) is -1.23. The van der Waals surface area contributed by atoms with Crippen molar-refractivity contribution in [1.29, 1.82) is 0 Å². The van der Waals surface area contributed by atoms with Gasteiger partial charge in [-0.3, -0.25) is 13.9 Å². The zero-order chi connectivity index (χ0) is 27.2. The summed E-state index contributed by atoms with van der Waals surface area (Å²) >= 11 is 6.31. The maximum Gasteiger partial charge on any atom is 0.264 e. The lowest BCUT2D eigenvalue weighted by Crippen LogP contribution is -2.50. The van der Waals surface area contributed by atoms with Crippen LogP contribution >= 0.6 is 11.6 Å². The topological polar surface area (TPSA) is 96.0 Å². The van der Waals surface area contributed by atoms with E-state index in [0.29, 0.717) is 5.75 Å². The number of likely N-dealkylation sites (N-methyl/N-ethyl adjacent to an activating group) is 1. The summed E-state index contributed by atoms with van der Waals surface area (Å²) in [5.41, 5.74) is 1.98. The van der Waals surface area contributed by atoms with Gasteiger partial charge in [0.1, 0.15) is 18.3 Å². The van der Waals surface area contributed by atoms with Crippen LogP contribution in [0.2, 0.25) is 5.02 Å². The van der Waals surface area contributed by atoms with Crippen molar-refractivity contribution in [2.75, 3.05) is 25.0 Å². The summed E-state index contributed by atoms with van der Waals surface area (Å²) in [5.74, 6) is -0.555. The SMILES string of the molecule is CNC(=O)C(C)N(Cc1ccccc1C)C(=O)CN(c1ccc(OC)c(Cl)c1)S(=O)(=O)c1ccccc1. The third-order valence-electron chi connectivity index (χ3n) is 6.05. The fourth-order valence-electron chi connectivity index (χ4n) is 3.82. The number of amides is 2. The third-order valence-corrected chi connectivity index (χ3v) is 8.13. The zero-order valence-corrected chi connectivity index (χ0v) is 22.7. The molecule has 1 unspecified atom stereocenters. The smallest absolute Gasteiger partial charge is 0.264 e. The van der Waals surface area contributed by atoms with Gasteiger partial charge in [0.05, 0.1) is 22.7 Å². The van der Waals surface area contributed by atoms with Crippen LogP contribution in [0, 0.1) is 6.92 Å². The largest absolute Gasteiger partial charge is 0.495 e. The molecule has 8 nitrogen and oxygen atoms in total. The van der Waals surface area contributed by atoms with Crippen molar-refractivity contribution in [2.45, 2.75) is 31.3 Å². The Bertz CT molecular complexity index is 1370. The van der Waals surface area contributed by atoms with Gasteiger partial charge in [-0.15, -0.1) is 0 Å². The van der Waals surface area contributed by atoms with E-state index in [1.165, 1.54) is 49.4 Å². The number of methoxy groups -OCH3 is 1. The number of anilines is 1. The molecule has 37 heavy (non-hydrogen) atoms. The molecule has 0 heterocycles. The number of halogens is 1. The molecule has 2 amide bonds. The minimum Gasteiger partial charge on any atom is -0.495 e. The summed E-state index contributed by atoms with van der Waals surface area (Å²) in [5, 5.41) is 2.76. The number of hydrogen-bond donors (Lipinski definition) is 1. The summed E-state index contributed by atoms with van der Waals surface area (Å²) in [6.07, 6.45) is 0. The highest BCUT2D eigenvalue weighted by molar-refractivity contribution is 7.92. The lowest BCUT2D eigenvalue weighted by atomic mass is 10.1. The lowest BCUT2D eigenvalue weighted by Gasteiger charge is -2.32. The summed E-state index contributed by atoms with van der Waals surface area (Å²) in [6, 6.07) is 19.0. The van der Waals surface area contributed by atoms with Crippen molar-refractivity contribution < 1.29 is 22.7 Å². The number of nitrogens with one attached hydrogen (secondary N) is 1. The molecular weight excluding hydrogens is 514 g/mol. The van der Waals surface area contributed by atoms with Gasteiger partial charge >= 0.3 is 0 Å². The Morgan fingerprint density at radius 3 is 2.27 bits per heavy atom. The van der Waals surface area contributed by atoms with E-state index in [0.717, 1.165) is 15.4 Å². The number of rotatable bonds is 10. The monoisotopic (exact) mass is 543 g/mol. The first kappa shape index (κ1) is 28.0. The molecule has 0 aromatic heterocycles. The molecule has 10 heteroatoms.